The van der Waals surface area contributed by atoms with Crippen LogP contribution in [0.1, 0.15) is 27.0 Å². The third-order valence-electron chi connectivity index (χ3n) is 5.80. The topological polar surface area (TPSA) is 159 Å². The Kier molecular flexibility index (Phi) is 5.94. The van der Waals surface area contributed by atoms with Crippen molar-refractivity contribution in [2.45, 2.75) is 0 Å². The Bertz CT molecular complexity index is 1490. The van der Waals surface area contributed by atoms with E-state index in [9.17, 15) is 35.1 Å². The summed E-state index contributed by atoms with van der Waals surface area (Å²) < 4.78 is 4.80. The Morgan fingerprint density at radius 2 is 1.39 bits per heavy atom. The van der Waals surface area contributed by atoms with E-state index in [1.54, 1.807) is 18.2 Å². The van der Waals surface area contributed by atoms with Gasteiger partial charge in [0.15, 0.2) is 0 Å². The van der Waals surface area contributed by atoms with Crippen LogP contribution in [0.25, 0.3) is 22.8 Å². The maximum atomic E-state index is 12.6. The molecule has 0 radical (unpaired) electrons. The molecule has 0 unspecified atom stereocenters. The van der Waals surface area contributed by atoms with E-state index in [0.29, 0.717) is 5.56 Å². The fourth-order valence-corrected chi connectivity index (χ4v) is 4.16. The second kappa shape index (κ2) is 8.91. The van der Waals surface area contributed by atoms with Crippen LogP contribution in [0.3, 0.4) is 0 Å². The first kappa shape index (κ1) is 24.0. The Morgan fingerprint density at radius 3 is 1.89 bits per heavy atom. The average Bonchev–Trinajstić information content (AvgIpc) is 3.15. The lowest BCUT2D eigenvalue weighted by Crippen LogP contribution is -2.07. The third-order valence-corrected chi connectivity index (χ3v) is 5.80. The molecule has 0 aromatic heterocycles. The van der Waals surface area contributed by atoms with E-state index in [4.69, 9.17) is 4.74 Å². The van der Waals surface area contributed by atoms with E-state index in [0.717, 1.165) is 31.0 Å². The molecule has 0 N–H and O–H groups in total. The summed E-state index contributed by atoms with van der Waals surface area (Å²) in [5.74, 6) is -0.940. The normalized spacial score (nSPS) is 12.6. The molecule has 4 rings (SSSR count). The van der Waals surface area contributed by atoms with Gasteiger partial charge in [0.2, 0.25) is 0 Å². The van der Waals surface area contributed by atoms with E-state index in [-0.39, 0.29) is 33.4 Å². The van der Waals surface area contributed by atoms with Gasteiger partial charge in [-0.05, 0) is 34.9 Å². The number of methoxy groups -OCH3 is 1. The van der Waals surface area contributed by atoms with Crippen LogP contribution in [0.5, 0.6) is 0 Å². The number of esters is 1. The monoisotopic (exact) mass is 490 g/mol. The number of hydrogen-bond acceptors (Lipinski definition) is 9. The number of anilines is 1. The van der Waals surface area contributed by atoms with Gasteiger partial charge in [-0.2, -0.15) is 0 Å². The summed E-state index contributed by atoms with van der Waals surface area (Å²) >= 11 is 0. The number of hydrogen-bond donors (Lipinski definition) is 0. The van der Waals surface area contributed by atoms with Gasteiger partial charge in [-0.3, -0.25) is 30.3 Å². The first-order valence-electron chi connectivity index (χ1n) is 10.4. The minimum Gasteiger partial charge on any atom is -0.465 e. The highest BCUT2D eigenvalue weighted by Gasteiger charge is 2.38. The Labute approximate surface area is 203 Å². The summed E-state index contributed by atoms with van der Waals surface area (Å²) in [6, 6.07) is 11.3. The number of fused-ring (bicyclic) bond motifs is 3. The van der Waals surface area contributed by atoms with Crippen LogP contribution in [0.2, 0.25) is 0 Å². The predicted octanol–water partition coefficient (Wildman–Crippen LogP) is 4.83. The van der Waals surface area contributed by atoms with Crippen LogP contribution >= 0.6 is 0 Å². The highest BCUT2D eigenvalue weighted by molar-refractivity contribution is 6.15. The Balaban J connectivity index is 2.13. The summed E-state index contributed by atoms with van der Waals surface area (Å²) in [5, 5.41) is 35.2. The zero-order chi connectivity index (χ0) is 26.3. The van der Waals surface area contributed by atoms with Gasteiger partial charge in [0, 0.05) is 49.1 Å². The molecule has 3 aromatic rings. The van der Waals surface area contributed by atoms with Gasteiger partial charge in [-0.15, -0.1) is 0 Å². The SMILES string of the molecule is COC(=O)c1cc([N+](=O)[O-])cc2c1-c1c(cc([N+](=O)[O-])cc1[N+](=O)[O-])/C2=C\c1ccc(N(C)C)cc1. The van der Waals surface area contributed by atoms with Gasteiger partial charge in [0.25, 0.3) is 17.1 Å². The van der Waals surface area contributed by atoms with E-state index in [1.165, 1.54) is 6.07 Å². The van der Waals surface area contributed by atoms with Gasteiger partial charge < -0.3 is 9.64 Å². The summed E-state index contributed by atoms with van der Waals surface area (Å²) in [6.07, 6.45) is 1.61. The van der Waals surface area contributed by atoms with Crippen LogP contribution < -0.4 is 4.90 Å². The lowest BCUT2D eigenvalue weighted by atomic mass is 9.96. The van der Waals surface area contributed by atoms with Crippen LogP contribution in [0.15, 0.2) is 48.5 Å². The van der Waals surface area contributed by atoms with E-state index < -0.39 is 37.8 Å². The number of rotatable bonds is 6. The van der Waals surface area contributed by atoms with Gasteiger partial charge >= 0.3 is 5.97 Å². The quantitative estimate of drug-likeness (QED) is 0.209. The number of nitrogens with zero attached hydrogens (tertiary/aromatic N) is 4. The molecular weight excluding hydrogens is 472 g/mol. The van der Waals surface area contributed by atoms with E-state index in [2.05, 4.69) is 0 Å². The van der Waals surface area contributed by atoms with Crippen molar-refractivity contribution in [1.29, 1.82) is 0 Å². The average molecular weight is 490 g/mol. The molecule has 3 aromatic carbocycles. The second-order valence-electron chi connectivity index (χ2n) is 8.11. The highest BCUT2D eigenvalue weighted by Crippen LogP contribution is 2.53. The fourth-order valence-electron chi connectivity index (χ4n) is 4.16. The molecule has 0 saturated heterocycles. The standard InChI is InChI=1S/C24H18N4O8/c1-25(2)14-6-4-13(5-7-14)8-17-18-9-15(26(30)31)11-20(24(29)36-3)22(18)23-19(17)10-16(27(32)33)12-21(23)28(34)35/h4-12H,1-3H3/b17-8-. The van der Waals surface area contributed by atoms with Crippen molar-refractivity contribution in [2.75, 3.05) is 26.1 Å². The van der Waals surface area contributed by atoms with Crippen molar-refractivity contribution < 1.29 is 24.3 Å². The third kappa shape index (κ3) is 4.00. The largest absolute Gasteiger partial charge is 0.465 e. The number of nitro benzene ring substituents is 3. The molecule has 0 atom stereocenters. The number of carbonyl (C=O) groups is 1. The molecule has 12 heteroatoms. The van der Waals surface area contributed by atoms with Crippen LogP contribution in [0, 0.1) is 30.3 Å². The number of nitro groups is 3. The molecule has 0 spiro atoms. The molecule has 0 aliphatic heterocycles. The molecule has 0 bridgehead atoms. The summed E-state index contributed by atoms with van der Waals surface area (Å²) in [4.78, 5) is 47.5. The lowest BCUT2D eigenvalue weighted by Gasteiger charge is -2.12. The summed E-state index contributed by atoms with van der Waals surface area (Å²) in [6.45, 7) is 0. The lowest BCUT2D eigenvalue weighted by molar-refractivity contribution is -0.393. The molecule has 36 heavy (non-hydrogen) atoms. The predicted molar refractivity (Wildman–Crippen MR) is 131 cm³/mol. The Hall–Kier alpha value is -5.13. The first-order chi connectivity index (χ1) is 17.0. The van der Waals surface area contributed by atoms with Crippen molar-refractivity contribution in [1.82, 2.24) is 0 Å². The summed E-state index contributed by atoms with van der Waals surface area (Å²) in [5.41, 5.74) is 0.217. The van der Waals surface area contributed by atoms with E-state index in [1.807, 2.05) is 31.1 Å². The number of carbonyl (C=O) groups excluding carboxylic acids is 1. The minimum atomic E-state index is -0.940. The molecule has 0 heterocycles. The van der Waals surface area contributed by atoms with Crippen LogP contribution in [-0.2, 0) is 4.74 Å². The van der Waals surface area contributed by atoms with Crippen molar-refractivity contribution in [2.24, 2.45) is 0 Å². The second-order valence-corrected chi connectivity index (χ2v) is 8.11. The number of non-ortho nitro benzene ring substituents is 2. The summed E-state index contributed by atoms with van der Waals surface area (Å²) in [7, 11) is 4.81. The highest BCUT2D eigenvalue weighted by atomic mass is 16.6. The van der Waals surface area contributed by atoms with Crippen LogP contribution in [-0.4, -0.2) is 41.9 Å². The smallest absolute Gasteiger partial charge is 0.338 e. The molecule has 1 aliphatic rings. The molecule has 182 valence electrons. The van der Waals surface area contributed by atoms with Crippen molar-refractivity contribution in [3.05, 3.63) is 101 Å². The molecule has 0 fully saturated rings. The van der Waals surface area contributed by atoms with Gasteiger partial charge in [0.05, 0.1) is 39.1 Å². The molecular formula is C24H18N4O8. The van der Waals surface area contributed by atoms with Gasteiger partial charge in [0.1, 0.15) is 0 Å². The minimum absolute atomic E-state index is 0.0419. The molecule has 12 nitrogen and oxygen atoms in total. The van der Waals surface area contributed by atoms with Crippen molar-refractivity contribution >= 4 is 40.4 Å². The van der Waals surface area contributed by atoms with Crippen molar-refractivity contribution in [3.8, 4) is 11.1 Å². The molecule has 0 amide bonds. The number of benzene rings is 3. The first-order valence-corrected chi connectivity index (χ1v) is 10.4. The maximum absolute atomic E-state index is 12.6. The number of ether oxygens (including phenoxy) is 1. The zero-order valence-corrected chi connectivity index (χ0v) is 19.3. The maximum Gasteiger partial charge on any atom is 0.338 e. The Morgan fingerprint density at radius 1 is 0.833 bits per heavy atom. The van der Waals surface area contributed by atoms with E-state index >= 15 is 0 Å². The van der Waals surface area contributed by atoms with Gasteiger partial charge in [-0.25, -0.2) is 4.79 Å². The molecule has 1 aliphatic carbocycles. The van der Waals surface area contributed by atoms with Crippen molar-refractivity contribution in [3.63, 3.8) is 0 Å². The zero-order valence-electron chi connectivity index (χ0n) is 19.3. The fraction of sp³-hybridized carbons (Fsp3) is 0.125. The van der Waals surface area contributed by atoms with Crippen LogP contribution in [0.4, 0.5) is 22.7 Å². The van der Waals surface area contributed by atoms with Gasteiger partial charge in [-0.1, -0.05) is 12.1 Å². The molecule has 0 saturated carbocycles.